The average molecular weight is 368 g/mol. The van der Waals surface area contributed by atoms with Crippen molar-refractivity contribution in [1.82, 2.24) is 9.47 Å². The number of hydrogen-bond acceptors (Lipinski definition) is 3. The van der Waals surface area contributed by atoms with E-state index in [9.17, 15) is 19.5 Å². The molecule has 6 heteroatoms. The first kappa shape index (κ1) is 18.9. The summed E-state index contributed by atoms with van der Waals surface area (Å²) >= 11 is 0. The Morgan fingerprint density at radius 3 is 2.30 bits per heavy atom. The van der Waals surface area contributed by atoms with Crippen molar-refractivity contribution in [3.05, 3.63) is 59.0 Å². The molecule has 0 unspecified atom stereocenters. The first-order valence-corrected chi connectivity index (χ1v) is 9.16. The summed E-state index contributed by atoms with van der Waals surface area (Å²) in [6.07, 6.45) is 2.93. The molecule has 0 spiro atoms. The number of rotatable bonds is 5. The molecule has 1 amide bonds. The molecule has 142 valence electrons. The SMILES string of the molecule is CC(=O)N1CCC(CCn2ccc(-c3ccccc3)cc2=O)(C(=O)O)CC1. The highest BCUT2D eigenvalue weighted by molar-refractivity contribution is 5.76. The summed E-state index contributed by atoms with van der Waals surface area (Å²) in [6.45, 7) is 2.74. The zero-order chi connectivity index (χ0) is 19.4. The second-order valence-electron chi connectivity index (χ2n) is 7.15. The number of carboxylic acids is 1. The van der Waals surface area contributed by atoms with Crippen LogP contribution in [-0.4, -0.2) is 39.5 Å². The molecule has 3 rings (SSSR count). The van der Waals surface area contributed by atoms with Crippen LogP contribution in [0.3, 0.4) is 0 Å². The van der Waals surface area contributed by atoms with Crippen molar-refractivity contribution in [2.75, 3.05) is 13.1 Å². The zero-order valence-corrected chi connectivity index (χ0v) is 15.4. The predicted octanol–water partition coefficient (Wildman–Crippen LogP) is 2.62. The maximum atomic E-state index is 12.5. The predicted molar refractivity (Wildman–Crippen MR) is 102 cm³/mol. The monoisotopic (exact) mass is 368 g/mol. The maximum absolute atomic E-state index is 12.5. The minimum absolute atomic E-state index is 0.0262. The second-order valence-corrected chi connectivity index (χ2v) is 7.15. The van der Waals surface area contributed by atoms with Gasteiger partial charge in [0.2, 0.25) is 5.91 Å². The standard InChI is InChI=1S/C21H24N2O4/c1-16(24)22-12-8-21(9-13-22,20(26)27)10-14-23-11-7-18(15-19(23)25)17-5-3-2-4-6-17/h2-7,11,15H,8-10,12-14H2,1H3,(H,26,27). The van der Waals surface area contributed by atoms with Gasteiger partial charge in [0.05, 0.1) is 5.41 Å². The first-order valence-electron chi connectivity index (χ1n) is 9.16. The van der Waals surface area contributed by atoms with Gasteiger partial charge in [-0.25, -0.2) is 0 Å². The molecule has 1 aromatic carbocycles. The van der Waals surface area contributed by atoms with Crippen LogP contribution in [0.4, 0.5) is 0 Å². The topological polar surface area (TPSA) is 79.6 Å². The number of aliphatic carboxylic acids is 1. The number of carbonyl (C=O) groups excluding carboxylic acids is 1. The summed E-state index contributed by atoms with van der Waals surface area (Å²) < 4.78 is 1.56. The van der Waals surface area contributed by atoms with Crippen LogP contribution in [0.1, 0.15) is 26.2 Å². The Bertz CT molecular complexity index is 881. The highest BCUT2D eigenvalue weighted by Crippen LogP contribution is 2.36. The summed E-state index contributed by atoms with van der Waals surface area (Å²) in [5, 5.41) is 9.76. The van der Waals surface area contributed by atoms with Crippen LogP contribution in [0.2, 0.25) is 0 Å². The summed E-state index contributed by atoms with van der Waals surface area (Å²) in [5.74, 6) is -0.874. The normalized spacial score (nSPS) is 16.1. The van der Waals surface area contributed by atoms with Gasteiger partial charge in [0.25, 0.3) is 5.56 Å². The van der Waals surface area contributed by atoms with Gasteiger partial charge >= 0.3 is 5.97 Å². The summed E-state index contributed by atoms with van der Waals surface area (Å²) in [6, 6.07) is 13.1. The van der Waals surface area contributed by atoms with Gasteiger partial charge in [0.15, 0.2) is 0 Å². The first-order chi connectivity index (χ1) is 12.9. The molecule has 0 bridgehead atoms. The third-order valence-corrected chi connectivity index (χ3v) is 5.55. The lowest BCUT2D eigenvalue weighted by molar-refractivity contribution is -0.154. The molecule has 1 aliphatic rings. The molecule has 0 aliphatic carbocycles. The molecule has 1 N–H and O–H groups in total. The van der Waals surface area contributed by atoms with Crippen LogP contribution >= 0.6 is 0 Å². The highest BCUT2D eigenvalue weighted by Gasteiger charge is 2.41. The lowest BCUT2D eigenvalue weighted by Crippen LogP contribution is -2.46. The van der Waals surface area contributed by atoms with Crippen LogP contribution in [0, 0.1) is 5.41 Å². The van der Waals surface area contributed by atoms with E-state index in [-0.39, 0.29) is 11.5 Å². The Kier molecular flexibility index (Phi) is 5.44. The Balaban J connectivity index is 1.72. The van der Waals surface area contributed by atoms with Crippen molar-refractivity contribution in [2.45, 2.75) is 32.7 Å². The molecule has 1 fully saturated rings. The number of aromatic nitrogens is 1. The molecular weight excluding hydrogens is 344 g/mol. The second kappa shape index (κ2) is 7.78. The fraction of sp³-hybridized carbons (Fsp3) is 0.381. The minimum atomic E-state index is -0.885. The lowest BCUT2D eigenvalue weighted by atomic mass is 9.75. The number of hydrogen-bond donors (Lipinski definition) is 1. The van der Waals surface area contributed by atoms with Gasteiger partial charge in [-0.2, -0.15) is 0 Å². The van der Waals surface area contributed by atoms with Crippen molar-refractivity contribution >= 4 is 11.9 Å². The van der Waals surface area contributed by atoms with Gasteiger partial charge < -0.3 is 14.6 Å². The van der Waals surface area contributed by atoms with Gasteiger partial charge in [0.1, 0.15) is 0 Å². The van der Waals surface area contributed by atoms with Gasteiger partial charge in [-0.05, 0) is 36.5 Å². The molecule has 0 radical (unpaired) electrons. The van der Waals surface area contributed by atoms with Gasteiger partial charge in [-0.3, -0.25) is 14.4 Å². The molecule has 1 aliphatic heterocycles. The van der Waals surface area contributed by atoms with Crippen molar-refractivity contribution in [3.63, 3.8) is 0 Å². The van der Waals surface area contributed by atoms with E-state index in [0.29, 0.717) is 38.9 Å². The number of carboxylic acid groups (broad SMARTS) is 1. The Morgan fingerprint density at radius 1 is 1.07 bits per heavy atom. The molecule has 1 aromatic heterocycles. The largest absolute Gasteiger partial charge is 0.481 e. The van der Waals surface area contributed by atoms with Crippen molar-refractivity contribution in [2.24, 2.45) is 5.41 Å². The van der Waals surface area contributed by atoms with Crippen molar-refractivity contribution < 1.29 is 14.7 Å². The molecule has 0 saturated carbocycles. The van der Waals surface area contributed by atoms with E-state index in [1.807, 2.05) is 36.4 Å². The Morgan fingerprint density at radius 2 is 1.74 bits per heavy atom. The molecule has 6 nitrogen and oxygen atoms in total. The third kappa shape index (κ3) is 4.10. The molecule has 0 atom stereocenters. The van der Waals surface area contributed by atoms with Gasteiger partial charge in [0, 0.05) is 38.8 Å². The van der Waals surface area contributed by atoms with E-state index < -0.39 is 11.4 Å². The third-order valence-electron chi connectivity index (χ3n) is 5.55. The summed E-state index contributed by atoms with van der Waals surface area (Å²) in [4.78, 5) is 37.5. The molecule has 2 heterocycles. The highest BCUT2D eigenvalue weighted by atomic mass is 16.4. The van der Waals surface area contributed by atoms with Crippen LogP contribution < -0.4 is 5.56 Å². The fourth-order valence-corrected chi connectivity index (χ4v) is 3.66. The number of amides is 1. The van der Waals surface area contributed by atoms with Gasteiger partial charge in [-0.15, -0.1) is 0 Å². The summed E-state index contributed by atoms with van der Waals surface area (Å²) in [5.41, 5.74) is 0.793. The van der Waals surface area contributed by atoms with Crippen molar-refractivity contribution in [3.8, 4) is 11.1 Å². The number of benzene rings is 1. The zero-order valence-electron chi connectivity index (χ0n) is 15.4. The van der Waals surface area contributed by atoms with Gasteiger partial charge in [-0.1, -0.05) is 30.3 Å². The molecule has 27 heavy (non-hydrogen) atoms. The number of piperidine rings is 1. The maximum Gasteiger partial charge on any atom is 0.309 e. The van der Waals surface area contributed by atoms with Crippen LogP contribution in [0.15, 0.2) is 53.5 Å². The summed E-state index contributed by atoms with van der Waals surface area (Å²) in [7, 11) is 0. The van der Waals surface area contributed by atoms with Crippen molar-refractivity contribution in [1.29, 1.82) is 0 Å². The fourth-order valence-electron chi connectivity index (χ4n) is 3.66. The van der Waals surface area contributed by atoms with E-state index >= 15 is 0 Å². The smallest absolute Gasteiger partial charge is 0.309 e. The Labute approximate surface area is 158 Å². The minimum Gasteiger partial charge on any atom is -0.481 e. The van der Waals surface area contributed by atoms with Crippen LogP contribution in [0.25, 0.3) is 11.1 Å². The van der Waals surface area contributed by atoms with Crippen LogP contribution in [-0.2, 0) is 16.1 Å². The van der Waals surface area contributed by atoms with E-state index in [2.05, 4.69) is 0 Å². The number of pyridine rings is 1. The number of carbonyl (C=O) groups is 2. The average Bonchev–Trinajstić information content (AvgIpc) is 2.67. The number of likely N-dealkylation sites (tertiary alicyclic amines) is 1. The van der Waals surface area contributed by atoms with E-state index in [1.165, 1.54) is 6.92 Å². The molecular formula is C21H24N2O4. The van der Waals surface area contributed by atoms with E-state index in [1.54, 1.807) is 21.7 Å². The molecule has 1 saturated heterocycles. The van der Waals surface area contributed by atoms with E-state index in [0.717, 1.165) is 11.1 Å². The number of nitrogens with zero attached hydrogens (tertiary/aromatic N) is 2. The molecule has 2 aromatic rings. The van der Waals surface area contributed by atoms with Crippen LogP contribution in [0.5, 0.6) is 0 Å². The Hall–Kier alpha value is -2.89. The lowest BCUT2D eigenvalue weighted by Gasteiger charge is -2.38. The van der Waals surface area contributed by atoms with E-state index in [4.69, 9.17) is 0 Å². The quantitative estimate of drug-likeness (QED) is 0.880. The number of aryl methyl sites for hydroxylation is 1.